The molecule has 1 unspecified atom stereocenters. The molecule has 2 rings (SSSR count). The number of fused-ring (bicyclic) bond motifs is 1. The molecule has 0 bridgehead atoms. The summed E-state index contributed by atoms with van der Waals surface area (Å²) in [6, 6.07) is -2.37. The van der Waals surface area contributed by atoms with Crippen LogP contribution in [0.1, 0.15) is 79.1 Å². The summed E-state index contributed by atoms with van der Waals surface area (Å²) in [7, 11) is 0. The van der Waals surface area contributed by atoms with Crippen LogP contribution in [0, 0.1) is 5.92 Å². The minimum absolute atomic E-state index is 0.0794. The molecule has 0 saturated carbocycles. The molecule has 2 aliphatic heterocycles. The Kier molecular flexibility index (Phi) is 18.8. The number of allylic oxidation sites excluding steroid dienone is 12. The van der Waals surface area contributed by atoms with E-state index in [2.05, 4.69) is 98.9 Å². The van der Waals surface area contributed by atoms with Gasteiger partial charge in [-0.3, -0.25) is 35.3 Å². The first-order valence-corrected chi connectivity index (χ1v) is 16.7. The second-order valence-electron chi connectivity index (χ2n) is 11.8. The number of hydrogen-bond donors (Lipinski definition) is 6. The van der Waals surface area contributed by atoms with Crippen molar-refractivity contribution in [2.45, 2.75) is 109 Å². The van der Waals surface area contributed by atoms with Crippen LogP contribution < -0.4 is 21.3 Å². The molecule has 0 aromatic carbocycles. The third-order valence-electron chi connectivity index (χ3n) is 7.37. The molecule has 6 N–H and O–H groups in total. The predicted molar refractivity (Wildman–Crippen MR) is 189 cm³/mol. The largest absolute Gasteiger partial charge is 0.391 e. The van der Waals surface area contributed by atoms with Gasteiger partial charge in [-0.1, -0.05) is 93.7 Å². The molecular weight excluding hydrogens is 596 g/mol. The van der Waals surface area contributed by atoms with Crippen molar-refractivity contribution < 1.29 is 24.6 Å². The van der Waals surface area contributed by atoms with Gasteiger partial charge >= 0.3 is 0 Å². The minimum atomic E-state index is -1.10. The lowest BCUT2D eigenvalue weighted by Gasteiger charge is -2.34. The molecule has 0 aromatic rings. The molecular formula is C36H54N6O5. The fraction of sp³-hybridized carbons (Fsp3) is 0.528. The number of aliphatic hydroxyl groups is 2. The number of nitrogens with zero attached hydrogens (tertiary/aromatic N) is 2. The lowest BCUT2D eigenvalue weighted by molar-refractivity contribution is -0.129. The number of hydrogen-bond acceptors (Lipinski definition) is 8. The monoisotopic (exact) mass is 650 g/mol. The van der Waals surface area contributed by atoms with Crippen LogP contribution in [0.25, 0.3) is 0 Å². The van der Waals surface area contributed by atoms with Crippen molar-refractivity contribution in [3.05, 3.63) is 72.9 Å². The van der Waals surface area contributed by atoms with Crippen molar-refractivity contribution >= 4 is 29.5 Å². The van der Waals surface area contributed by atoms with Crippen LogP contribution in [-0.2, 0) is 14.4 Å². The number of rotatable bonds is 19. The van der Waals surface area contributed by atoms with Gasteiger partial charge in [0.25, 0.3) is 5.91 Å². The number of carbonyl (C=O) groups excluding carboxylic acids is 3. The smallest absolute Gasteiger partial charge is 0.251 e. The first-order chi connectivity index (χ1) is 22.6. The molecule has 47 heavy (non-hydrogen) atoms. The second kappa shape index (κ2) is 22.6. The Morgan fingerprint density at radius 2 is 1.40 bits per heavy atom. The topological polar surface area (TPSA) is 165 Å². The highest BCUT2D eigenvalue weighted by Crippen LogP contribution is 2.12. The summed E-state index contributed by atoms with van der Waals surface area (Å²) in [6.07, 6.45) is 29.9. The quantitative estimate of drug-likeness (QED) is 0.117. The van der Waals surface area contributed by atoms with Gasteiger partial charge in [0.2, 0.25) is 17.8 Å². The summed E-state index contributed by atoms with van der Waals surface area (Å²) in [5, 5.41) is 30.6. The Labute approximate surface area is 279 Å². The van der Waals surface area contributed by atoms with Crippen molar-refractivity contribution in [3.63, 3.8) is 0 Å². The van der Waals surface area contributed by atoms with E-state index in [1.165, 1.54) is 6.92 Å². The van der Waals surface area contributed by atoms with Crippen molar-refractivity contribution in [1.82, 2.24) is 21.3 Å². The number of aliphatic hydroxyl groups excluding tert-OH is 2. The van der Waals surface area contributed by atoms with Crippen LogP contribution >= 0.6 is 0 Å². The Bertz CT molecular complexity index is 1240. The summed E-state index contributed by atoms with van der Waals surface area (Å²) in [6.45, 7) is 7.33. The molecule has 2 aliphatic rings. The molecule has 11 nitrogen and oxygen atoms in total. The Hall–Kier alpha value is -3.93. The lowest BCUT2D eigenvalue weighted by atomic mass is 10.0. The van der Waals surface area contributed by atoms with Gasteiger partial charge in [-0.2, -0.15) is 4.99 Å². The summed E-state index contributed by atoms with van der Waals surface area (Å²) in [5.74, 6) is -1.39. The van der Waals surface area contributed by atoms with Crippen LogP contribution in [-0.4, -0.2) is 76.6 Å². The van der Waals surface area contributed by atoms with Gasteiger partial charge in [0.05, 0.1) is 24.8 Å². The SMILES string of the molecule is CCC=CCC=CCC=CCC=CCC=CCC=CCCC(=O)N[C@H](C(=O)NC1=NC2=NC[C@H]([C@@H](O)[C@H](C)O)NC2C(=O)N1)C(C)C. The summed E-state index contributed by atoms with van der Waals surface area (Å²) in [4.78, 5) is 46.8. The number of carbonyl (C=O) groups is 3. The van der Waals surface area contributed by atoms with Crippen LogP contribution in [0.2, 0.25) is 0 Å². The van der Waals surface area contributed by atoms with Crippen molar-refractivity contribution in [2.75, 3.05) is 6.54 Å². The van der Waals surface area contributed by atoms with Crippen LogP contribution in [0.5, 0.6) is 0 Å². The van der Waals surface area contributed by atoms with E-state index >= 15 is 0 Å². The predicted octanol–water partition coefficient (Wildman–Crippen LogP) is 3.69. The van der Waals surface area contributed by atoms with E-state index in [0.29, 0.717) is 6.42 Å². The lowest BCUT2D eigenvalue weighted by Crippen LogP contribution is -2.65. The second-order valence-corrected chi connectivity index (χ2v) is 11.8. The zero-order chi connectivity index (χ0) is 34.4. The highest BCUT2D eigenvalue weighted by Gasteiger charge is 2.38. The molecule has 0 saturated heterocycles. The molecule has 0 radical (unpaired) electrons. The molecule has 11 heteroatoms. The van der Waals surface area contributed by atoms with Crippen molar-refractivity contribution in [2.24, 2.45) is 15.9 Å². The number of nitrogens with one attached hydrogen (secondary N) is 4. The number of guanidine groups is 1. The van der Waals surface area contributed by atoms with Gasteiger partial charge in [-0.25, -0.2) is 0 Å². The van der Waals surface area contributed by atoms with Gasteiger partial charge in [0.15, 0.2) is 5.84 Å². The van der Waals surface area contributed by atoms with E-state index in [9.17, 15) is 24.6 Å². The molecule has 0 aromatic heterocycles. The van der Waals surface area contributed by atoms with Gasteiger partial charge in [-0.05, 0) is 57.8 Å². The Balaban J connectivity index is 1.68. The maximum absolute atomic E-state index is 13.0. The Morgan fingerprint density at radius 1 is 0.872 bits per heavy atom. The molecule has 0 spiro atoms. The van der Waals surface area contributed by atoms with Gasteiger partial charge < -0.3 is 15.5 Å². The molecule has 258 valence electrons. The third-order valence-corrected chi connectivity index (χ3v) is 7.37. The Morgan fingerprint density at radius 3 is 1.91 bits per heavy atom. The van der Waals surface area contributed by atoms with Crippen molar-refractivity contribution in [1.29, 1.82) is 0 Å². The average molecular weight is 651 g/mol. The van der Waals surface area contributed by atoms with E-state index in [4.69, 9.17) is 0 Å². The molecule has 0 fully saturated rings. The number of amidine groups is 1. The third kappa shape index (κ3) is 15.5. The fourth-order valence-electron chi connectivity index (χ4n) is 4.68. The number of amides is 3. The first kappa shape index (κ1) is 39.2. The van der Waals surface area contributed by atoms with E-state index in [0.717, 1.165) is 38.5 Å². The zero-order valence-electron chi connectivity index (χ0n) is 28.3. The fourth-order valence-corrected chi connectivity index (χ4v) is 4.68. The normalized spacial score (nSPS) is 20.7. The summed E-state index contributed by atoms with van der Waals surface area (Å²) >= 11 is 0. The average Bonchev–Trinajstić information content (AvgIpc) is 3.04. The maximum Gasteiger partial charge on any atom is 0.251 e. The van der Waals surface area contributed by atoms with Crippen LogP contribution in [0.3, 0.4) is 0 Å². The molecule has 0 aliphatic carbocycles. The van der Waals surface area contributed by atoms with Crippen LogP contribution in [0.15, 0.2) is 82.9 Å². The molecule has 3 amide bonds. The van der Waals surface area contributed by atoms with E-state index in [1.54, 1.807) is 0 Å². The van der Waals surface area contributed by atoms with E-state index in [-0.39, 0.29) is 36.6 Å². The summed E-state index contributed by atoms with van der Waals surface area (Å²) < 4.78 is 0. The standard InChI is InChI=1S/C36H54N6O5/c1-5-6-7-8-9-10-11-12-13-14-15-16-17-18-19-20-21-22-23-24-29(44)39-30(26(2)3)34(46)41-36-40-33-31(35(47)42-36)38-28(25-37-33)32(45)27(4)43/h6-7,9-10,12-13,15-16,18-19,21-22,26-28,30-32,38,43,45H,5,8,11,14,17,20,23-25H2,1-4H3,(H,39,44)(H2,37,40,41,42,46,47)/t27-,28+,30-,31?,32-/m0/s1. The highest BCUT2D eigenvalue weighted by molar-refractivity contribution is 6.22. The van der Waals surface area contributed by atoms with Gasteiger partial charge in [-0.15, -0.1) is 0 Å². The zero-order valence-corrected chi connectivity index (χ0v) is 28.3. The molecule has 2 heterocycles. The van der Waals surface area contributed by atoms with E-state index < -0.39 is 42.1 Å². The van der Waals surface area contributed by atoms with Crippen LogP contribution in [0.4, 0.5) is 0 Å². The highest BCUT2D eigenvalue weighted by atomic mass is 16.3. The van der Waals surface area contributed by atoms with Crippen molar-refractivity contribution in [3.8, 4) is 0 Å². The number of aliphatic imine (C=N–C) groups is 2. The van der Waals surface area contributed by atoms with Gasteiger partial charge in [0, 0.05) is 6.42 Å². The first-order valence-electron chi connectivity index (χ1n) is 16.7. The molecule has 5 atom stereocenters. The minimum Gasteiger partial charge on any atom is -0.391 e. The summed E-state index contributed by atoms with van der Waals surface area (Å²) in [5.41, 5.74) is 0. The van der Waals surface area contributed by atoms with Gasteiger partial charge in [0.1, 0.15) is 12.1 Å². The van der Waals surface area contributed by atoms with E-state index in [1.807, 2.05) is 26.0 Å². The maximum atomic E-state index is 13.0.